The van der Waals surface area contributed by atoms with Crippen molar-refractivity contribution in [3.05, 3.63) is 29.0 Å². The second-order valence-corrected chi connectivity index (χ2v) is 4.82. The maximum absolute atomic E-state index is 13.5. The molecule has 1 fully saturated rings. The van der Waals surface area contributed by atoms with E-state index in [0.29, 0.717) is 11.4 Å². The highest BCUT2D eigenvalue weighted by molar-refractivity contribution is 6.30. The molecule has 1 aliphatic carbocycles. The van der Waals surface area contributed by atoms with Crippen molar-refractivity contribution in [3.8, 4) is 0 Å². The maximum atomic E-state index is 13.5. The minimum atomic E-state index is -0.520. The van der Waals surface area contributed by atoms with Crippen molar-refractivity contribution in [1.29, 1.82) is 0 Å². The minimum absolute atomic E-state index is 0.0841. The lowest BCUT2D eigenvalue weighted by molar-refractivity contribution is -0.119. The SMILES string of the molecule is NC1CCC(C(=O)Nc2ccc(Cl)cc2F)C1. The van der Waals surface area contributed by atoms with Crippen LogP contribution in [0.1, 0.15) is 19.3 Å². The van der Waals surface area contributed by atoms with E-state index in [9.17, 15) is 9.18 Å². The lowest BCUT2D eigenvalue weighted by atomic mass is 10.1. The van der Waals surface area contributed by atoms with Crippen LogP contribution in [0.15, 0.2) is 18.2 Å². The topological polar surface area (TPSA) is 55.1 Å². The van der Waals surface area contributed by atoms with Gasteiger partial charge in [0.05, 0.1) is 5.69 Å². The first kappa shape index (κ1) is 12.3. The molecule has 2 atom stereocenters. The van der Waals surface area contributed by atoms with Gasteiger partial charge in [0.1, 0.15) is 5.82 Å². The molecule has 1 saturated carbocycles. The highest BCUT2D eigenvalue weighted by Crippen LogP contribution is 2.26. The summed E-state index contributed by atoms with van der Waals surface area (Å²) in [5.41, 5.74) is 5.90. The average Bonchev–Trinajstić information content (AvgIpc) is 2.69. The zero-order valence-corrected chi connectivity index (χ0v) is 10.0. The van der Waals surface area contributed by atoms with Crippen LogP contribution < -0.4 is 11.1 Å². The monoisotopic (exact) mass is 256 g/mol. The number of amides is 1. The van der Waals surface area contributed by atoms with E-state index in [1.165, 1.54) is 12.1 Å². The molecule has 0 spiro atoms. The van der Waals surface area contributed by atoms with E-state index < -0.39 is 5.82 Å². The first-order valence-corrected chi connectivity index (χ1v) is 5.95. The molecule has 0 heterocycles. The van der Waals surface area contributed by atoms with Crippen LogP contribution in [-0.4, -0.2) is 11.9 Å². The van der Waals surface area contributed by atoms with Gasteiger partial charge in [-0.1, -0.05) is 11.6 Å². The fourth-order valence-electron chi connectivity index (χ4n) is 2.08. The van der Waals surface area contributed by atoms with Crippen molar-refractivity contribution in [2.45, 2.75) is 25.3 Å². The summed E-state index contributed by atoms with van der Waals surface area (Å²) in [6.07, 6.45) is 2.28. The van der Waals surface area contributed by atoms with Crippen LogP contribution in [0.3, 0.4) is 0 Å². The van der Waals surface area contributed by atoms with Gasteiger partial charge in [-0.15, -0.1) is 0 Å². The third kappa shape index (κ3) is 2.96. The van der Waals surface area contributed by atoms with Crippen molar-refractivity contribution in [2.24, 2.45) is 11.7 Å². The van der Waals surface area contributed by atoms with Gasteiger partial charge in [-0.2, -0.15) is 0 Å². The molecule has 17 heavy (non-hydrogen) atoms. The second kappa shape index (κ2) is 5.02. The predicted octanol–water partition coefficient (Wildman–Crippen LogP) is 2.54. The van der Waals surface area contributed by atoms with Gasteiger partial charge in [0, 0.05) is 17.0 Å². The van der Waals surface area contributed by atoms with Gasteiger partial charge in [-0.3, -0.25) is 4.79 Å². The van der Waals surface area contributed by atoms with E-state index in [2.05, 4.69) is 5.32 Å². The van der Waals surface area contributed by atoms with E-state index in [0.717, 1.165) is 12.8 Å². The number of hydrogen-bond acceptors (Lipinski definition) is 2. The Balaban J connectivity index is 2.03. The minimum Gasteiger partial charge on any atom is -0.328 e. The van der Waals surface area contributed by atoms with Gasteiger partial charge < -0.3 is 11.1 Å². The Bertz CT molecular complexity index is 439. The number of benzene rings is 1. The fourth-order valence-corrected chi connectivity index (χ4v) is 2.24. The third-order valence-corrected chi connectivity index (χ3v) is 3.27. The Kier molecular flexibility index (Phi) is 3.64. The van der Waals surface area contributed by atoms with E-state index in [4.69, 9.17) is 17.3 Å². The van der Waals surface area contributed by atoms with Crippen molar-refractivity contribution >= 4 is 23.2 Å². The van der Waals surface area contributed by atoms with E-state index in [1.54, 1.807) is 6.07 Å². The van der Waals surface area contributed by atoms with Crippen molar-refractivity contribution in [3.63, 3.8) is 0 Å². The maximum Gasteiger partial charge on any atom is 0.227 e. The molecular formula is C12H14ClFN2O. The number of nitrogens with two attached hydrogens (primary N) is 1. The molecule has 3 nitrogen and oxygen atoms in total. The number of halogens is 2. The lowest BCUT2D eigenvalue weighted by Crippen LogP contribution is -2.23. The molecule has 2 unspecified atom stereocenters. The molecule has 1 aromatic carbocycles. The van der Waals surface area contributed by atoms with Crippen molar-refractivity contribution < 1.29 is 9.18 Å². The Hall–Kier alpha value is -1.13. The standard InChI is InChI=1S/C12H14ClFN2O/c13-8-2-4-11(10(14)6-8)16-12(17)7-1-3-9(15)5-7/h2,4,6-7,9H,1,3,5,15H2,(H,16,17). The molecular weight excluding hydrogens is 243 g/mol. The van der Waals surface area contributed by atoms with Gasteiger partial charge >= 0.3 is 0 Å². The molecule has 92 valence electrons. The zero-order chi connectivity index (χ0) is 12.4. The van der Waals surface area contributed by atoms with Crippen LogP contribution in [0.5, 0.6) is 0 Å². The van der Waals surface area contributed by atoms with Gasteiger partial charge in [-0.25, -0.2) is 4.39 Å². The van der Waals surface area contributed by atoms with E-state index in [1.807, 2.05) is 0 Å². The molecule has 3 N–H and O–H groups in total. The smallest absolute Gasteiger partial charge is 0.227 e. The summed E-state index contributed by atoms with van der Waals surface area (Å²) in [4.78, 5) is 11.8. The van der Waals surface area contributed by atoms with Crippen LogP contribution in [0.25, 0.3) is 0 Å². The molecule has 0 aromatic heterocycles. The molecule has 0 bridgehead atoms. The predicted molar refractivity (Wildman–Crippen MR) is 65.4 cm³/mol. The number of rotatable bonds is 2. The zero-order valence-electron chi connectivity index (χ0n) is 9.25. The molecule has 0 saturated heterocycles. The van der Waals surface area contributed by atoms with Gasteiger partial charge in [0.15, 0.2) is 0 Å². The average molecular weight is 257 g/mol. The second-order valence-electron chi connectivity index (χ2n) is 4.38. The Labute approximate surface area is 104 Å². The Morgan fingerprint density at radius 1 is 1.47 bits per heavy atom. The summed E-state index contributed by atoms with van der Waals surface area (Å²) in [5, 5.41) is 2.88. The number of carbonyl (C=O) groups is 1. The normalized spacial score (nSPS) is 23.7. The highest BCUT2D eigenvalue weighted by atomic mass is 35.5. The first-order valence-electron chi connectivity index (χ1n) is 5.58. The summed E-state index contributed by atoms with van der Waals surface area (Å²) >= 11 is 5.63. The van der Waals surface area contributed by atoms with Crippen LogP contribution >= 0.6 is 11.6 Å². The number of anilines is 1. The number of hydrogen-bond donors (Lipinski definition) is 2. The molecule has 2 rings (SSSR count). The first-order chi connectivity index (χ1) is 8.06. The number of nitrogens with one attached hydrogen (secondary N) is 1. The fraction of sp³-hybridized carbons (Fsp3) is 0.417. The Morgan fingerprint density at radius 2 is 2.24 bits per heavy atom. The summed E-state index contributed by atoms with van der Waals surface area (Å²) in [6.45, 7) is 0. The van der Waals surface area contributed by atoms with Crippen LogP contribution in [0.4, 0.5) is 10.1 Å². The van der Waals surface area contributed by atoms with Crippen molar-refractivity contribution in [2.75, 3.05) is 5.32 Å². The third-order valence-electron chi connectivity index (χ3n) is 3.03. The van der Waals surface area contributed by atoms with E-state index in [-0.39, 0.29) is 23.6 Å². The molecule has 1 aromatic rings. The van der Waals surface area contributed by atoms with Crippen LogP contribution in [0.2, 0.25) is 5.02 Å². The highest BCUT2D eigenvalue weighted by Gasteiger charge is 2.28. The summed E-state index contributed by atoms with van der Waals surface area (Å²) in [6, 6.07) is 4.27. The van der Waals surface area contributed by atoms with E-state index >= 15 is 0 Å². The Morgan fingerprint density at radius 3 is 2.82 bits per heavy atom. The largest absolute Gasteiger partial charge is 0.328 e. The quantitative estimate of drug-likeness (QED) is 0.854. The van der Waals surface area contributed by atoms with Gasteiger partial charge in [-0.05, 0) is 37.5 Å². The van der Waals surface area contributed by atoms with Crippen molar-refractivity contribution in [1.82, 2.24) is 0 Å². The molecule has 1 amide bonds. The van der Waals surface area contributed by atoms with Crippen LogP contribution in [0, 0.1) is 11.7 Å². The molecule has 5 heteroatoms. The molecule has 0 aliphatic heterocycles. The lowest BCUT2D eigenvalue weighted by Gasteiger charge is -2.11. The number of carbonyl (C=O) groups excluding carboxylic acids is 1. The molecule has 0 radical (unpaired) electrons. The summed E-state index contributed by atoms with van der Waals surface area (Å²) < 4.78 is 13.5. The van der Waals surface area contributed by atoms with Gasteiger partial charge in [0.25, 0.3) is 0 Å². The summed E-state index contributed by atoms with van der Waals surface area (Å²) in [5.74, 6) is -0.799. The van der Waals surface area contributed by atoms with Crippen LogP contribution in [-0.2, 0) is 4.79 Å². The summed E-state index contributed by atoms with van der Waals surface area (Å²) in [7, 11) is 0. The van der Waals surface area contributed by atoms with Gasteiger partial charge in [0.2, 0.25) is 5.91 Å². The molecule has 1 aliphatic rings.